The van der Waals surface area contributed by atoms with Gasteiger partial charge in [0.05, 0.1) is 7.11 Å². The number of esters is 1. The summed E-state index contributed by atoms with van der Waals surface area (Å²) < 4.78 is 10.2. The summed E-state index contributed by atoms with van der Waals surface area (Å²) in [6.45, 7) is 5.64. The fraction of sp³-hybridized carbons (Fsp3) is 0.375. The van der Waals surface area contributed by atoms with Gasteiger partial charge in [0, 0.05) is 5.39 Å². The van der Waals surface area contributed by atoms with Gasteiger partial charge >= 0.3 is 5.97 Å². The van der Waals surface area contributed by atoms with Crippen LogP contribution in [0.25, 0.3) is 11.0 Å². The average Bonchev–Trinajstić information content (AvgIpc) is 2.86. The third kappa shape index (κ3) is 3.24. The first-order valence-corrected chi connectivity index (χ1v) is 6.81. The van der Waals surface area contributed by atoms with E-state index >= 15 is 0 Å². The number of hydrogen-bond acceptors (Lipinski definition) is 4. The highest BCUT2D eigenvalue weighted by Gasteiger charge is 2.26. The van der Waals surface area contributed by atoms with E-state index in [4.69, 9.17) is 9.15 Å². The Kier molecular flexibility index (Phi) is 4.31. The molecule has 0 radical (unpaired) electrons. The van der Waals surface area contributed by atoms with Crippen LogP contribution in [0.15, 0.2) is 28.7 Å². The molecule has 0 aliphatic carbocycles. The lowest BCUT2D eigenvalue weighted by Crippen LogP contribution is -2.44. The van der Waals surface area contributed by atoms with Gasteiger partial charge in [-0.25, -0.2) is 4.79 Å². The van der Waals surface area contributed by atoms with Crippen LogP contribution in [-0.4, -0.2) is 25.0 Å². The highest BCUT2D eigenvalue weighted by atomic mass is 16.5. The van der Waals surface area contributed by atoms with Crippen molar-refractivity contribution in [2.45, 2.75) is 26.8 Å². The van der Waals surface area contributed by atoms with E-state index in [-0.39, 0.29) is 11.7 Å². The van der Waals surface area contributed by atoms with Crippen molar-refractivity contribution in [3.05, 3.63) is 35.6 Å². The summed E-state index contributed by atoms with van der Waals surface area (Å²) >= 11 is 0. The van der Waals surface area contributed by atoms with Gasteiger partial charge in [-0.15, -0.1) is 0 Å². The molecule has 0 fully saturated rings. The van der Waals surface area contributed by atoms with Crippen LogP contribution >= 0.6 is 0 Å². The van der Waals surface area contributed by atoms with E-state index in [0.717, 1.165) is 10.9 Å². The van der Waals surface area contributed by atoms with E-state index in [1.807, 2.05) is 39.0 Å². The van der Waals surface area contributed by atoms with Crippen LogP contribution in [0, 0.1) is 12.8 Å². The van der Waals surface area contributed by atoms with E-state index in [2.05, 4.69) is 5.32 Å². The molecule has 2 rings (SSSR count). The summed E-state index contributed by atoms with van der Waals surface area (Å²) in [4.78, 5) is 23.9. The molecule has 0 saturated heterocycles. The Balaban J connectivity index is 2.23. The molecule has 0 aliphatic rings. The minimum Gasteiger partial charge on any atom is -0.467 e. The summed E-state index contributed by atoms with van der Waals surface area (Å²) in [5.41, 5.74) is 1.73. The quantitative estimate of drug-likeness (QED) is 0.879. The van der Waals surface area contributed by atoms with Gasteiger partial charge in [0.25, 0.3) is 5.91 Å². The SMILES string of the molecule is COC(=O)C(NC(=O)c1cc2cc(C)ccc2o1)C(C)C. The number of amides is 1. The topological polar surface area (TPSA) is 68.5 Å². The molecular weight excluding hydrogens is 270 g/mol. The van der Waals surface area contributed by atoms with Crippen molar-refractivity contribution in [3.8, 4) is 0 Å². The predicted molar refractivity (Wildman–Crippen MR) is 79.1 cm³/mol. The molecule has 1 amide bonds. The number of nitrogens with one attached hydrogen (secondary N) is 1. The zero-order valence-electron chi connectivity index (χ0n) is 12.6. The van der Waals surface area contributed by atoms with Crippen LogP contribution in [-0.2, 0) is 9.53 Å². The number of carbonyl (C=O) groups excluding carboxylic acids is 2. The van der Waals surface area contributed by atoms with Gasteiger partial charge in [0.2, 0.25) is 0 Å². The van der Waals surface area contributed by atoms with Gasteiger partial charge in [-0.2, -0.15) is 0 Å². The van der Waals surface area contributed by atoms with E-state index < -0.39 is 17.9 Å². The van der Waals surface area contributed by atoms with Crippen LogP contribution < -0.4 is 5.32 Å². The second-order valence-corrected chi connectivity index (χ2v) is 5.37. The maximum atomic E-state index is 12.2. The molecule has 21 heavy (non-hydrogen) atoms. The molecule has 1 atom stereocenters. The van der Waals surface area contributed by atoms with Gasteiger partial charge in [-0.1, -0.05) is 25.5 Å². The van der Waals surface area contributed by atoms with Crippen molar-refractivity contribution in [2.24, 2.45) is 5.92 Å². The largest absolute Gasteiger partial charge is 0.467 e. The van der Waals surface area contributed by atoms with Gasteiger partial charge < -0.3 is 14.5 Å². The average molecular weight is 289 g/mol. The van der Waals surface area contributed by atoms with Crippen molar-refractivity contribution >= 4 is 22.8 Å². The lowest BCUT2D eigenvalue weighted by atomic mass is 10.0. The summed E-state index contributed by atoms with van der Waals surface area (Å²) in [6.07, 6.45) is 0. The van der Waals surface area contributed by atoms with Gasteiger partial charge in [-0.3, -0.25) is 4.79 Å². The molecule has 1 heterocycles. The predicted octanol–water partition coefficient (Wildman–Crippen LogP) is 2.67. The second-order valence-electron chi connectivity index (χ2n) is 5.37. The number of ether oxygens (including phenoxy) is 1. The van der Waals surface area contributed by atoms with Crippen LogP contribution in [0.4, 0.5) is 0 Å². The van der Waals surface area contributed by atoms with Gasteiger partial charge in [0.15, 0.2) is 5.76 Å². The minimum absolute atomic E-state index is 0.0759. The molecule has 0 bridgehead atoms. The van der Waals surface area contributed by atoms with Crippen molar-refractivity contribution in [2.75, 3.05) is 7.11 Å². The molecule has 5 nitrogen and oxygen atoms in total. The van der Waals surface area contributed by atoms with E-state index in [1.165, 1.54) is 7.11 Å². The number of fused-ring (bicyclic) bond motifs is 1. The molecule has 0 aliphatic heterocycles. The van der Waals surface area contributed by atoms with Crippen molar-refractivity contribution < 1.29 is 18.7 Å². The smallest absolute Gasteiger partial charge is 0.328 e. The highest BCUT2D eigenvalue weighted by molar-refractivity contribution is 5.98. The molecule has 1 aromatic heterocycles. The lowest BCUT2D eigenvalue weighted by Gasteiger charge is -2.18. The Bertz CT molecular complexity index is 672. The van der Waals surface area contributed by atoms with E-state index in [0.29, 0.717) is 5.58 Å². The molecule has 112 valence electrons. The molecule has 5 heteroatoms. The Labute approximate surface area is 123 Å². The maximum Gasteiger partial charge on any atom is 0.328 e. The third-order valence-corrected chi connectivity index (χ3v) is 3.30. The zero-order valence-corrected chi connectivity index (χ0v) is 12.6. The minimum atomic E-state index is -0.697. The maximum absolute atomic E-state index is 12.2. The van der Waals surface area contributed by atoms with E-state index in [9.17, 15) is 9.59 Å². The van der Waals surface area contributed by atoms with Gasteiger partial charge in [-0.05, 0) is 31.0 Å². The summed E-state index contributed by atoms with van der Waals surface area (Å²) in [5, 5.41) is 3.51. The number of carbonyl (C=O) groups is 2. The Morgan fingerprint density at radius 3 is 2.57 bits per heavy atom. The summed E-state index contributed by atoms with van der Waals surface area (Å²) in [7, 11) is 1.30. The summed E-state index contributed by atoms with van der Waals surface area (Å²) in [5.74, 6) is -0.781. The normalized spacial score (nSPS) is 12.4. The molecule has 1 N–H and O–H groups in total. The molecule has 1 aromatic carbocycles. The molecule has 2 aromatic rings. The summed E-state index contributed by atoms with van der Waals surface area (Å²) in [6, 6.07) is 6.65. The first-order valence-electron chi connectivity index (χ1n) is 6.81. The number of aryl methyl sites for hydroxylation is 1. The first kappa shape index (κ1) is 15.1. The van der Waals surface area contributed by atoms with Crippen LogP contribution in [0.1, 0.15) is 30.0 Å². The second kappa shape index (κ2) is 5.99. The molecule has 0 saturated carbocycles. The number of furan rings is 1. The fourth-order valence-electron chi connectivity index (χ4n) is 2.11. The molecular formula is C16H19NO4. The molecule has 0 spiro atoms. The standard InChI is InChI=1S/C16H19NO4/c1-9(2)14(16(19)20-4)17-15(18)13-8-11-7-10(3)5-6-12(11)21-13/h5-9,14H,1-4H3,(H,17,18). The van der Waals surface area contributed by atoms with Crippen molar-refractivity contribution in [1.82, 2.24) is 5.32 Å². The van der Waals surface area contributed by atoms with E-state index in [1.54, 1.807) is 6.07 Å². The Hall–Kier alpha value is -2.30. The van der Waals surface area contributed by atoms with Crippen LogP contribution in [0.2, 0.25) is 0 Å². The van der Waals surface area contributed by atoms with Crippen LogP contribution in [0.3, 0.4) is 0 Å². The number of rotatable bonds is 4. The fourth-order valence-corrected chi connectivity index (χ4v) is 2.11. The zero-order chi connectivity index (χ0) is 15.6. The Morgan fingerprint density at radius 1 is 1.24 bits per heavy atom. The lowest BCUT2D eigenvalue weighted by molar-refractivity contribution is -0.144. The Morgan fingerprint density at radius 2 is 1.95 bits per heavy atom. The third-order valence-electron chi connectivity index (χ3n) is 3.30. The number of methoxy groups -OCH3 is 1. The first-order chi connectivity index (χ1) is 9.92. The number of benzene rings is 1. The highest BCUT2D eigenvalue weighted by Crippen LogP contribution is 2.20. The van der Waals surface area contributed by atoms with Crippen molar-refractivity contribution in [1.29, 1.82) is 0 Å². The molecule has 1 unspecified atom stereocenters. The monoisotopic (exact) mass is 289 g/mol. The van der Waals surface area contributed by atoms with Crippen LogP contribution in [0.5, 0.6) is 0 Å². The van der Waals surface area contributed by atoms with Gasteiger partial charge in [0.1, 0.15) is 11.6 Å². The van der Waals surface area contributed by atoms with Crippen molar-refractivity contribution in [3.63, 3.8) is 0 Å². The number of hydrogen-bond donors (Lipinski definition) is 1.